The molecule has 2 heterocycles. The van der Waals surface area contributed by atoms with Gasteiger partial charge in [-0.3, -0.25) is 4.79 Å². The first-order chi connectivity index (χ1) is 11.7. The summed E-state index contributed by atoms with van der Waals surface area (Å²) in [7, 11) is 0. The van der Waals surface area contributed by atoms with Gasteiger partial charge in [-0.15, -0.1) is 10.2 Å². The Morgan fingerprint density at radius 3 is 2.62 bits per heavy atom. The van der Waals surface area contributed by atoms with E-state index in [1.165, 1.54) is 24.9 Å². The fourth-order valence-corrected chi connectivity index (χ4v) is 4.46. The lowest BCUT2D eigenvalue weighted by molar-refractivity contribution is 0.0956. The highest BCUT2D eigenvalue weighted by Crippen LogP contribution is 2.21. The van der Waals surface area contributed by atoms with Crippen LogP contribution in [-0.2, 0) is 0 Å². The van der Waals surface area contributed by atoms with E-state index in [0.29, 0.717) is 12.1 Å². The van der Waals surface area contributed by atoms with Gasteiger partial charge in [-0.1, -0.05) is 23.1 Å². The lowest BCUT2D eigenvalue weighted by Gasteiger charge is -2.28. The first-order valence-electron chi connectivity index (χ1n) is 8.28. The zero-order valence-corrected chi connectivity index (χ0v) is 15.5. The molecule has 0 atom stereocenters. The maximum absolute atomic E-state index is 12.2. The second-order valence-corrected chi connectivity index (χ2v) is 8.31. The van der Waals surface area contributed by atoms with Crippen molar-refractivity contribution in [1.82, 2.24) is 15.5 Å². The Morgan fingerprint density at radius 1 is 1.21 bits per heavy atom. The lowest BCUT2D eigenvalue weighted by Crippen LogP contribution is -2.29. The van der Waals surface area contributed by atoms with Gasteiger partial charge in [-0.2, -0.15) is 0 Å². The van der Waals surface area contributed by atoms with Crippen molar-refractivity contribution in [3.63, 3.8) is 0 Å². The van der Waals surface area contributed by atoms with E-state index in [2.05, 4.69) is 32.5 Å². The van der Waals surface area contributed by atoms with E-state index >= 15 is 0 Å². The van der Waals surface area contributed by atoms with Gasteiger partial charge < -0.3 is 10.2 Å². The zero-order valence-electron chi connectivity index (χ0n) is 13.8. The summed E-state index contributed by atoms with van der Waals surface area (Å²) in [4.78, 5) is 14.6. The molecule has 0 unspecified atom stereocenters. The molecule has 0 spiro atoms. The fraction of sp³-hybridized carbons (Fsp3) is 0.471. The molecule has 1 N–H and O–H groups in total. The molecule has 1 aliphatic heterocycles. The van der Waals surface area contributed by atoms with Crippen LogP contribution >= 0.6 is 23.1 Å². The molecule has 0 radical (unpaired) electrons. The highest BCUT2D eigenvalue weighted by molar-refractivity contribution is 8.01. The molecule has 1 aromatic heterocycles. The summed E-state index contributed by atoms with van der Waals surface area (Å²) in [5, 5.41) is 12.0. The lowest BCUT2D eigenvalue weighted by atomic mass is 10.1. The van der Waals surface area contributed by atoms with Crippen LogP contribution in [0.5, 0.6) is 0 Å². The van der Waals surface area contributed by atoms with Crippen LogP contribution in [0.25, 0.3) is 0 Å². The smallest absolute Gasteiger partial charge is 0.251 e. The number of amides is 1. The molecule has 3 rings (SSSR count). The summed E-state index contributed by atoms with van der Waals surface area (Å²) in [6.45, 7) is 4.80. The standard InChI is InChI=1S/C17H22N4OS2/c1-13-19-20-17(24-13)23-12-9-18-16(22)14-5-7-15(8-6-14)21-10-3-2-4-11-21/h5-8H,2-4,9-12H2,1H3,(H,18,22). The normalized spacial score (nSPS) is 14.6. The molecule has 0 aliphatic carbocycles. The molecule has 2 aromatic rings. The predicted molar refractivity (Wildman–Crippen MR) is 100 cm³/mol. The number of anilines is 1. The molecule has 1 aromatic carbocycles. The maximum Gasteiger partial charge on any atom is 0.251 e. The summed E-state index contributed by atoms with van der Waals surface area (Å²) in [5.74, 6) is 0.779. The van der Waals surface area contributed by atoms with Gasteiger partial charge in [0.25, 0.3) is 5.91 Å². The van der Waals surface area contributed by atoms with E-state index in [0.717, 1.165) is 28.2 Å². The van der Waals surface area contributed by atoms with Crippen LogP contribution in [0, 0.1) is 6.92 Å². The van der Waals surface area contributed by atoms with Gasteiger partial charge in [0.05, 0.1) is 0 Å². The van der Waals surface area contributed by atoms with Crippen molar-refractivity contribution in [3.8, 4) is 0 Å². The van der Waals surface area contributed by atoms with E-state index in [1.54, 1.807) is 23.1 Å². The van der Waals surface area contributed by atoms with Crippen molar-refractivity contribution in [2.75, 3.05) is 30.3 Å². The fourth-order valence-electron chi connectivity index (χ4n) is 2.72. The molecule has 1 amide bonds. The number of rotatable bonds is 6. The summed E-state index contributed by atoms with van der Waals surface area (Å²) in [6, 6.07) is 7.94. The van der Waals surface area contributed by atoms with Crippen LogP contribution in [0.2, 0.25) is 0 Å². The van der Waals surface area contributed by atoms with Crippen molar-refractivity contribution < 1.29 is 4.79 Å². The topological polar surface area (TPSA) is 58.1 Å². The number of carbonyl (C=O) groups is 1. The number of hydrogen-bond donors (Lipinski definition) is 1. The van der Waals surface area contributed by atoms with E-state index in [4.69, 9.17) is 0 Å². The Kier molecular flexibility index (Phi) is 6.09. The minimum Gasteiger partial charge on any atom is -0.372 e. The Bertz CT molecular complexity index is 665. The summed E-state index contributed by atoms with van der Waals surface area (Å²) in [6.07, 6.45) is 3.84. The summed E-state index contributed by atoms with van der Waals surface area (Å²) >= 11 is 3.20. The van der Waals surface area contributed by atoms with Gasteiger partial charge in [0.2, 0.25) is 0 Å². The monoisotopic (exact) mass is 362 g/mol. The van der Waals surface area contributed by atoms with Gasteiger partial charge in [-0.05, 0) is 50.5 Å². The average molecular weight is 363 g/mol. The number of nitrogens with one attached hydrogen (secondary N) is 1. The molecule has 0 saturated carbocycles. The van der Waals surface area contributed by atoms with Gasteiger partial charge >= 0.3 is 0 Å². The number of carbonyl (C=O) groups excluding carboxylic acids is 1. The molecule has 5 nitrogen and oxygen atoms in total. The quantitative estimate of drug-likeness (QED) is 0.631. The minimum atomic E-state index is -0.0192. The van der Waals surface area contributed by atoms with Crippen LogP contribution in [0.4, 0.5) is 5.69 Å². The van der Waals surface area contributed by atoms with Gasteiger partial charge in [0, 0.05) is 36.6 Å². The van der Waals surface area contributed by atoms with E-state index in [1.807, 2.05) is 19.1 Å². The van der Waals surface area contributed by atoms with Gasteiger partial charge in [-0.25, -0.2) is 0 Å². The maximum atomic E-state index is 12.2. The number of aryl methyl sites for hydroxylation is 1. The molecule has 24 heavy (non-hydrogen) atoms. The number of aromatic nitrogens is 2. The van der Waals surface area contributed by atoms with Crippen LogP contribution in [-0.4, -0.2) is 41.5 Å². The molecule has 128 valence electrons. The Morgan fingerprint density at radius 2 is 1.96 bits per heavy atom. The Labute approximate surface area is 150 Å². The molecule has 1 fully saturated rings. The molecule has 1 aliphatic rings. The molecule has 1 saturated heterocycles. The van der Waals surface area contributed by atoms with Crippen LogP contribution in [0.15, 0.2) is 28.6 Å². The number of piperidine rings is 1. The molecular formula is C17H22N4OS2. The van der Waals surface area contributed by atoms with Gasteiger partial charge in [0.15, 0.2) is 4.34 Å². The number of thioether (sulfide) groups is 1. The molecule has 0 bridgehead atoms. The van der Waals surface area contributed by atoms with Crippen LogP contribution in [0.3, 0.4) is 0 Å². The first-order valence-corrected chi connectivity index (χ1v) is 10.1. The van der Waals surface area contributed by atoms with E-state index in [-0.39, 0.29) is 5.91 Å². The zero-order chi connectivity index (χ0) is 16.8. The minimum absolute atomic E-state index is 0.0192. The second kappa shape index (κ2) is 8.48. The number of nitrogens with zero attached hydrogens (tertiary/aromatic N) is 3. The Hall–Kier alpha value is -1.60. The van der Waals surface area contributed by atoms with Crippen molar-refractivity contribution in [2.24, 2.45) is 0 Å². The second-order valence-electron chi connectivity index (χ2n) is 5.79. The molecular weight excluding hydrogens is 340 g/mol. The first kappa shape index (κ1) is 17.2. The van der Waals surface area contributed by atoms with Crippen molar-refractivity contribution in [1.29, 1.82) is 0 Å². The van der Waals surface area contributed by atoms with Crippen LogP contribution < -0.4 is 10.2 Å². The number of benzene rings is 1. The highest BCUT2D eigenvalue weighted by atomic mass is 32.2. The van der Waals surface area contributed by atoms with Crippen LogP contribution in [0.1, 0.15) is 34.6 Å². The Balaban J connectivity index is 1.44. The van der Waals surface area contributed by atoms with E-state index < -0.39 is 0 Å². The average Bonchev–Trinajstić information content (AvgIpc) is 3.05. The number of hydrogen-bond acceptors (Lipinski definition) is 6. The third-order valence-electron chi connectivity index (χ3n) is 3.97. The van der Waals surface area contributed by atoms with Crippen molar-refractivity contribution in [2.45, 2.75) is 30.5 Å². The largest absolute Gasteiger partial charge is 0.372 e. The van der Waals surface area contributed by atoms with E-state index in [9.17, 15) is 4.79 Å². The predicted octanol–water partition coefficient (Wildman–Crippen LogP) is 3.36. The third-order valence-corrected chi connectivity index (χ3v) is 5.95. The SMILES string of the molecule is Cc1nnc(SCCNC(=O)c2ccc(N3CCCCC3)cc2)s1. The summed E-state index contributed by atoms with van der Waals surface area (Å²) < 4.78 is 0.952. The third kappa shape index (κ3) is 4.70. The van der Waals surface area contributed by atoms with Crippen molar-refractivity contribution in [3.05, 3.63) is 34.8 Å². The summed E-state index contributed by atoms with van der Waals surface area (Å²) in [5.41, 5.74) is 1.93. The van der Waals surface area contributed by atoms with Gasteiger partial charge in [0.1, 0.15) is 5.01 Å². The van der Waals surface area contributed by atoms with Crippen molar-refractivity contribution >= 4 is 34.7 Å². The highest BCUT2D eigenvalue weighted by Gasteiger charge is 2.12. The molecule has 7 heteroatoms.